The Morgan fingerprint density at radius 3 is 2.74 bits per heavy atom. The van der Waals surface area contributed by atoms with E-state index in [-0.39, 0.29) is 6.54 Å². The zero-order valence-corrected chi connectivity index (χ0v) is 14.4. The highest BCUT2D eigenvalue weighted by Gasteiger charge is 2.20. The van der Waals surface area contributed by atoms with Crippen molar-refractivity contribution in [2.24, 2.45) is 5.10 Å². The lowest BCUT2D eigenvalue weighted by Crippen LogP contribution is -2.39. The molecular formula is C15H17N3O3S2. The first kappa shape index (κ1) is 17.2. The van der Waals surface area contributed by atoms with E-state index in [2.05, 4.69) is 10.5 Å². The maximum absolute atomic E-state index is 12.0. The summed E-state index contributed by atoms with van der Waals surface area (Å²) in [5, 5.41) is 5.72. The Kier molecular flexibility index (Phi) is 5.51. The lowest BCUT2D eigenvalue weighted by Gasteiger charge is -2.21. The van der Waals surface area contributed by atoms with E-state index in [1.54, 1.807) is 18.2 Å². The summed E-state index contributed by atoms with van der Waals surface area (Å²) in [6, 6.07) is 10.7. The Morgan fingerprint density at radius 2 is 2.13 bits per heavy atom. The van der Waals surface area contributed by atoms with Crippen molar-refractivity contribution < 1.29 is 13.2 Å². The lowest BCUT2D eigenvalue weighted by molar-refractivity contribution is -0.119. The number of aryl methyl sites for hydroxylation is 1. The molecule has 2 aromatic rings. The number of carbonyl (C=O) groups excluding carboxylic acids is 1. The molecule has 1 aromatic carbocycles. The fourth-order valence-corrected chi connectivity index (χ4v) is 3.31. The average Bonchev–Trinajstić information content (AvgIpc) is 2.97. The van der Waals surface area contributed by atoms with E-state index in [1.807, 2.05) is 30.5 Å². The van der Waals surface area contributed by atoms with E-state index in [0.717, 1.165) is 21.0 Å². The molecule has 8 heteroatoms. The summed E-state index contributed by atoms with van der Waals surface area (Å²) in [6.45, 7) is 1.53. The number of carbonyl (C=O) groups is 1. The number of rotatable bonds is 6. The van der Waals surface area contributed by atoms with Gasteiger partial charge in [0, 0.05) is 4.88 Å². The first-order chi connectivity index (χ1) is 10.9. The number of benzene rings is 1. The Balaban J connectivity index is 2.08. The molecule has 23 heavy (non-hydrogen) atoms. The Bertz CT molecular complexity index is 799. The van der Waals surface area contributed by atoms with Gasteiger partial charge < -0.3 is 0 Å². The third kappa shape index (κ3) is 5.19. The molecule has 1 aromatic heterocycles. The van der Waals surface area contributed by atoms with Gasteiger partial charge in [0.25, 0.3) is 5.91 Å². The van der Waals surface area contributed by atoms with Gasteiger partial charge in [0.05, 0.1) is 18.2 Å². The van der Waals surface area contributed by atoms with Gasteiger partial charge >= 0.3 is 0 Å². The van der Waals surface area contributed by atoms with Crippen LogP contribution in [0.25, 0.3) is 0 Å². The Hall–Kier alpha value is -2.19. The van der Waals surface area contributed by atoms with Crippen LogP contribution in [0.15, 0.2) is 46.9 Å². The molecule has 1 heterocycles. The summed E-state index contributed by atoms with van der Waals surface area (Å²) in [5.74, 6) is -0.510. The van der Waals surface area contributed by atoms with Crippen molar-refractivity contribution in [3.63, 3.8) is 0 Å². The minimum Gasteiger partial charge on any atom is -0.271 e. The van der Waals surface area contributed by atoms with Gasteiger partial charge in [-0.25, -0.2) is 13.8 Å². The van der Waals surface area contributed by atoms with Crippen LogP contribution in [0.2, 0.25) is 0 Å². The minimum atomic E-state index is -3.58. The van der Waals surface area contributed by atoms with E-state index in [0.29, 0.717) is 5.69 Å². The lowest BCUT2D eigenvalue weighted by atomic mass is 10.2. The molecule has 0 saturated carbocycles. The van der Waals surface area contributed by atoms with Crippen LogP contribution < -0.4 is 9.73 Å². The molecule has 0 radical (unpaired) electrons. The molecule has 1 N–H and O–H groups in total. The molecular weight excluding hydrogens is 334 g/mol. The van der Waals surface area contributed by atoms with Crippen molar-refractivity contribution in [1.29, 1.82) is 0 Å². The molecule has 0 atom stereocenters. The molecule has 0 aliphatic rings. The number of hydrazone groups is 1. The van der Waals surface area contributed by atoms with Gasteiger partial charge in [0.1, 0.15) is 6.54 Å². The molecule has 0 bridgehead atoms. The maximum Gasteiger partial charge on any atom is 0.260 e. The maximum atomic E-state index is 12.0. The molecule has 122 valence electrons. The van der Waals surface area contributed by atoms with Crippen LogP contribution in [-0.2, 0) is 14.8 Å². The van der Waals surface area contributed by atoms with Gasteiger partial charge in [-0.2, -0.15) is 5.10 Å². The normalized spacial score (nSPS) is 11.6. The van der Waals surface area contributed by atoms with Gasteiger partial charge in [-0.05, 0) is 36.1 Å². The van der Waals surface area contributed by atoms with Crippen molar-refractivity contribution in [1.82, 2.24) is 5.43 Å². The predicted molar refractivity (Wildman–Crippen MR) is 93.4 cm³/mol. The van der Waals surface area contributed by atoms with Crippen molar-refractivity contribution in [3.8, 4) is 0 Å². The summed E-state index contributed by atoms with van der Waals surface area (Å²) in [4.78, 5) is 12.9. The molecule has 0 fully saturated rings. The van der Waals surface area contributed by atoms with Crippen molar-refractivity contribution in [2.45, 2.75) is 6.92 Å². The largest absolute Gasteiger partial charge is 0.271 e. The van der Waals surface area contributed by atoms with Gasteiger partial charge in [0.2, 0.25) is 10.0 Å². The summed E-state index contributed by atoms with van der Waals surface area (Å²) in [6.07, 6.45) is 2.58. The molecule has 0 aliphatic heterocycles. The smallest absolute Gasteiger partial charge is 0.260 e. The molecule has 2 rings (SSSR count). The van der Waals surface area contributed by atoms with Crippen LogP contribution in [0.1, 0.15) is 10.4 Å². The predicted octanol–water partition coefficient (Wildman–Crippen LogP) is 1.97. The number of anilines is 1. The van der Waals surface area contributed by atoms with Gasteiger partial charge in [0.15, 0.2) is 0 Å². The number of nitrogens with one attached hydrogen (secondary N) is 1. The SMILES string of the molecule is Cc1cccc(N(CC(=O)N/N=C\c2cccs2)S(C)(=O)=O)c1. The number of thiophene rings is 1. The number of nitrogens with zero attached hydrogens (tertiary/aromatic N) is 2. The van der Waals surface area contributed by atoms with E-state index < -0.39 is 15.9 Å². The van der Waals surface area contributed by atoms with Crippen LogP contribution >= 0.6 is 11.3 Å². The van der Waals surface area contributed by atoms with E-state index >= 15 is 0 Å². The third-order valence-corrected chi connectivity index (χ3v) is 4.85. The first-order valence-corrected chi connectivity index (χ1v) is 9.49. The van der Waals surface area contributed by atoms with Gasteiger partial charge in [-0.15, -0.1) is 11.3 Å². The third-order valence-electron chi connectivity index (χ3n) is 2.90. The second kappa shape index (κ2) is 7.38. The first-order valence-electron chi connectivity index (χ1n) is 6.76. The van der Waals surface area contributed by atoms with Crippen molar-refractivity contribution in [2.75, 3.05) is 17.1 Å². The van der Waals surface area contributed by atoms with Crippen molar-refractivity contribution in [3.05, 3.63) is 52.2 Å². The van der Waals surface area contributed by atoms with E-state index in [1.165, 1.54) is 17.6 Å². The molecule has 1 amide bonds. The summed E-state index contributed by atoms with van der Waals surface area (Å²) < 4.78 is 24.9. The number of hydrogen-bond acceptors (Lipinski definition) is 5. The average molecular weight is 351 g/mol. The number of hydrogen-bond donors (Lipinski definition) is 1. The van der Waals surface area contributed by atoms with Crippen LogP contribution in [0.3, 0.4) is 0 Å². The monoisotopic (exact) mass is 351 g/mol. The molecule has 0 spiro atoms. The van der Waals surface area contributed by atoms with Crippen molar-refractivity contribution >= 4 is 39.2 Å². The summed E-state index contributed by atoms with van der Waals surface area (Å²) in [5.41, 5.74) is 3.70. The highest BCUT2D eigenvalue weighted by Crippen LogP contribution is 2.18. The van der Waals surface area contributed by atoms with Gasteiger partial charge in [-0.1, -0.05) is 18.2 Å². The Labute approximate surface area is 139 Å². The second-order valence-electron chi connectivity index (χ2n) is 4.92. The summed E-state index contributed by atoms with van der Waals surface area (Å²) in [7, 11) is -3.58. The quantitative estimate of drug-likeness (QED) is 0.638. The fourth-order valence-electron chi connectivity index (χ4n) is 1.88. The van der Waals surface area contributed by atoms with E-state index in [9.17, 15) is 13.2 Å². The summed E-state index contributed by atoms with van der Waals surface area (Å²) >= 11 is 1.48. The van der Waals surface area contributed by atoms with Crippen LogP contribution in [0, 0.1) is 6.92 Å². The molecule has 6 nitrogen and oxygen atoms in total. The molecule has 0 saturated heterocycles. The van der Waals surface area contributed by atoms with Gasteiger partial charge in [-0.3, -0.25) is 9.10 Å². The second-order valence-corrected chi connectivity index (χ2v) is 7.80. The zero-order chi connectivity index (χ0) is 16.9. The topological polar surface area (TPSA) is 78.8 Å². The minimum absolute atomic E-state index is 0.329. The highest BCUT2D eigenvalue weighted by atomic mass is 32.2. The fraction of sp³-hybridized carbons (Fsp3) is 0.200. The highest BCUT2D eigenvalue weighted by molar-refractivity contribution is 7.92. The number of sulfonamides is 1. The van der Waals surface area contributed by atoms with Crippen LogP contribution in [-0.4, -0.2) is 33.3 Å². The van der Waals surface area contributed by atoms with E-state index in [4.69, 9.17) is 0 Å². The number of amides is 1. The zero-order valence-electron chi connectivity index (χ0n) is 12.8. The van der Waals surface area contributed by atoms with Crippen LogP contribution in [0.4, 0.5) is 5.69 Å². The Morgan fingerprint density at radius 1 is 1.35 bits per heavy atom. The standard InChI is InChI=1S/C15H17N3O3S2/c1-12-5-3-6-13(9-12)18(23(2,20)21)11-15(19)17-16-10-14-7-4-8-22-14/h3-10H,11H2,1-2H3,(H,17,19)/b16-10-. The van der Waals surface area contributed by atoms with Crippen LogP contribution in [0.5, 0.6) is 0 Å². The molecule has 0 aliphatic carbocycles. The molecule has 0 unspecified atom stereocenters.